The molecule has 1 aromatic heterocycles. The maximum absolute atomic E-state index is 5.62. The summed E-state index contributed by atoms with van der Waals surface area (Å²) in [6.07, 6.45) is 11.3. The molecule has 0 amide bonds. The predicted octanol–water partition coefficient (Wildman–Crippen LogP) is 3.96. The molecule has 0 fully saturated rings. The molecular formula is C19H29N3O2. The van der Waals surface area contributed by atoms with E-state index < -0.39 is 0 Å². The Balaban J connectivity index is 1.40. The van der Waals surface area contributed by atoms with Gasteiger partial charge in [0.25, 0.3) is 0 Å². The number of imidazole rings is 1. The van der Waals surface area contributed by atoms with Gasteiger partial charge in [-0.3, -0.25) is 0 Å². The molecule has 3 N–H and O–H groups in total. The number of rotatable bonds is 10. The molecule has 1 aromatic carbocycles. The van der Waals surface area contributed by atoms with Crippen LogP contribution in [0.2, 0.25) is 0 Å². The number of nitrogens with one attached hydrogen (secondary N) is 1. The second-order valence-electron chi connectivity index (χ2n) is 6.56. The van der Waals surface area contributed by atoms with Crippen molar-refractivity contribution in [1.29, 1.82) is 0 Å². The smallest absolute Gasteiger partial charge is 0.163 e. The van der Waals surface area contributed by atoms with Crippen molar-refractivity contribution in [2.75, 3.05) is 19.8 Å². The summed E-state index contributed by atoms with van der Waals surface area (Å²) in [4.78, 5) is 8.10. The first-order chi connectivity index (χ1) is 11.9. The molecule has 0 spiro atoms. The van der Waals surface area contributed by atoms with Crippen LogP contribution in [0.5, 0.6) is 11.5 Å². The number of unbranched alkanes of at least 4 members (excludes halogenated alkanes) is 7. The van der Waals surface area contributed by atoms with Crippen LogP contribution in [-0.2, 0) is 6.42 Å². The average molecular weight is 331 g/mol. The Morgan fingerprint density at radius 3 is 2.21 bits per heavy atom. The number of aromatic nitrogens is 2. The van der Waals surface area contributed by atoms with Gasteiger partial charge >= 0.3 is 0 Å². The Hall–Kier alpha value is -1.75. The van der Waals surface area contributed by atoms with Crippen LogP contribution in [-0.4, -0.2) is 29.7 Å². The minimum Gasteiger partial charge on any atom is -0.486 e. The van der Waals surface area contributed by atoms with Crippen molar-refractivity contribution in [3.63, 3.8) is 0 Å². The number of aryl methyl sites for hydroxylation is 1. The SMILES string of the molecule is NCCCCCCCCCCc1nc2cc3c(cc2[nH]1)OCCO3. The maximum Gasteiger partial charge on any atom is 0.163 e. The minimum absolute atomic E-state index is 0.613. The number of fused-ring (bicyclic) bond motifs is 2. The van der Waals surface area contributed by atoms with E-state index in [9.17, 15) is 0 Å². The van der Waals surface area contributed by atoms with Crippen LogP contribution in [0, 0.1) is 0 Å². The summed E-state index contributed by atoms with van der Waals surface area (Å²) >= 11 is 0. The molecule has 1 aliphatic rings. The topological polar surface area (TPSA) is 73.2 Å². The van der Waals surface area contributed by atoms with Crippen molar-refractivity contribution >= 4 is 11.0 Å². The summed E-state index contributed by atoms with van der Waals surface area (Å²) in [5.41, 5.74) is 7.51. The highest BCUT2D eigenvalue weighted by Gasteiger charge is 2.14. The third-order valence-electron chi connectivity index (χ3n) is 4.56. The first-order valence-electron chi connectivity index (χ1n) is 9.35. The molecule has 3 rings (SSSR count). The third kappa shape index (κ3) is 4.63. The lowest BCUT2D eigenvalue weighted by molar-refractivity contribution is 0.172. The van der Waals surface area contributed by atoms with E-state index in [-0.39, 0.29) is 0 Å². The fourth-order valence-corrected chi connectivity index (χ4v) is 3.22. The van der Waals surface area contributed by atoms with E-state index in [1.165, 1.54) is 51.4 Å². The number of hydrogen-bond acceptors (Lipinski definition) is 4. The van der Waals surface area contributed by atoms with Gasteiger partial charge in [0.05, 0.1) is 11.0 Å². The van der Waals surface area contributed by atoms with Gasteiger partial charge in [-0.25, -0.2) is 4.98 Å². The van der Waals surface area contributed by atoms with Crippen molar-refractivity contribution < 1.29 is 9.47 Å². The van der Waals surface area contributed by atoms with Crippen molar-refractivity contribution in [1.82, 2.24) is 9.97 Å². The van der Waals surface area contributed by atoms with E-state index in [1.54, 1.807) is 0 Å². The quantitative estimate of drug-likeness (QED) is 0.646. The normalized spacial score (nSPS) is 13.5. The van der Waals surface area contributed by atoms with Gasteiger partial charge in [-0.1, -0.05) is 38.5 Å². The largest absolute Gasteiger partial charge is 0.486 e. The number of hydrogen-bond donors (Lipinski definition) is 2. The number of nitrogens with zero attached hydrogens (tertiary/aromatic N) is 1. The molecule has 0 unspecified atom stereocenters. The first-order valence-corrected chi connectivity index (χ1v) is 9.35. The van der Waals surface area contributed by atoms with Gasteiger partial charge < -0.3 is 20.2 Å². The molecule has 2 aromatic rings. The number of benzene rings is 1. The lowest BCUT2D eigenvalue weighted by Gasteiger charge is -2.17. The highest BCUT2D eigenvalue weighted by atomic mass is 16.6. The molecule has 1 aliphatic heterocycles. The molecule has 0 saturated carbocycles. The van der Waals surface area contributed by atoms with Crippen LogP contribution in [0.25, 0.3) is 11.0 Å². The monoisotopic (exact) mass is 331 g/mol. The summed E-state index contributed by atoms with van der Waals surface area (Å²) < 4.78 is 11.2. The molecule has 0 aliphatic carbocycles. The van der Waals surface area contributed by atoms with Crippen LogP contribution >= 0.6 is 0 Å². The van der Waals surface area contributed by atoms with Gasteiger partial charge in [0, 0.05) is 18.6 Å². The third-order valence-corrected chi connectivity index (χ3v) is 4.56. The number of aromatic amines is 1. The fourth-order valence-electron chi connectivity index (χ4n) is 3.22. The van der Waals surface area contributed by atoms with Gasteiger partial charge in [0.1, 0.15) is 19.0 Å². The van der Waals surface area contributed by atoms with Crippen LogP contribution in [0.3, 0.4) is 0 Å². The van der Waals surface area contributed by atoms with Gasteiger partial charge in [-0.2, -0.15) is 0 Å². The van der Waals surface area contributed by atoms with Crippen molar-refractivity contribution in [2.24, 2.45) is 5.73 Å². The van der Waals surface area contributed by atoms with E-state index in [2.05, 4.69) is 9.97 Å². The lowest BCUT2D eigenvalue weighted by atomic mass is 10.1. The minimum atomic E-state index is 0.613. The molecule has 132 valence electrons. The van der Waals surface area contributed by atoms with Crippen LogP contribution in [0.15, 0.2) is 12.1 Å². The number of ether oxygens (including phenoxy) is 2. The van der Waals surface area contributed by atoms with Gasteiger partial charge in [0.15, 0.2) is 11.5 Å². The Bertz CT molecular complexity index is 596. The Kier molecular flexibility index (Phi) is 6.35. The summed E-state index contributed by atoms with van der Waals surface area (Å²) in [6.45, 7) is 2.06. The van der Waals surface area contributed by atoms with E-state index in [0.717, 1.165) is 41.3 Å². The van der Waals surface area contributed by atoms with Crippen LogP contribution < -0.4 is 15.2 Å². The molecule has 5 nitrogen and oxygen atoms in total. The predicted molar refractivity (Wildman–Crippen MR) is 96.8 cm³/mol. The molecule has 5 heteroatoms. The zero-order valence-electron chi connectivity index (χ0n) is 14.5. The number of H-pyrrole nitrogens is 1. The van der Waals surface area contributed by atoms with Gasteiger partial charge in [-0.05, 0) is 19.4 Å². The fraction of sp³-hybridized carbons (Fsp3) is 0.632. The highest BCUT2D eigenvalue weighted by Crippen LogP contribution is 2.33. The Morgan fingerprint density at radius 2 is 1.50 bits per heavy atom. The molecule has 0 bridgehead atoms. The average Bonchev–Trinajstić information content (AvgIpc) is 2.99. The molecule has 2 heterocycles. The van der Waals surface area contributed by atoms with E-state index in [1.807, 2.05) is 12.1 Å². The maximum atomic E-state index is 5.62. The highest BCUT2D eigenvalue weighted by molar-refractivity contribution is 5.79. The van der Waals surface area contributed by atoms with Gasteiger partial charge in [0.2, 0.25) is 0 Å². The van der Waals surface area contributed by atoms with Gasteiger partial charge in [-0.15, -0.1) is 0 Å². The second kappa shape index (κ2) is 8.92. The first kappa shape index (κ1) is 17.1. The number of nitrogens with two attached hydrogens (primary N) is 1. The summed E-state index contributed by atoms with van der Waals surface area (Å²) in [5.74, 6) is 2.69. The van der Waals surface area contributed by atoms with Crippen LogP contribution in [0.4, 0.5) is 0 Å². The van der Waals surface area contributed by atoms with Crippen molar-refractivity contribution in [3.05, 3.63) is 18.0 Å². The summed E-state index contributed by atoms with van der Waals surface area (Å²) in [5, 5.41) is 0. The van der Waals surface area contributed by atoms with E-state index in [0.29, 0.717) is 13.2 Å². The zero-order valence-corrected chi connectivity index (χ0v) is 14.5. The van der Waals surface area contributed by atoms with Crippen LogP contribution in [0.1, 0.15) is 57.2 Å². The molecule has 0 saturated heterocycles. The van der Waals surface area contributed by atoms with E-state index >= 15 is 0 Å². The standard InChI is InChI=1S/C19H29N3O2/c20-10-8-6-4-2-1-3-5-7-9-19-21-15-13-17-18(14-16(15)22-19)24-12-11-23-17/h13-14H,1-12,20H2,(H,21,22). The van der Waals surface area contributed by atoms with Crippen molar-refractivity contribution in [3.8, 4) is 11.5 Å². The zero-order chi connectivity index (χ0) is 16.6. The Labute approximate surface area is 143 Å². The lowest BCUT2D eigenvalue weighted by Crippen LogP contribution is -2.15. The molecule has 0 atom stereocenters. The summed E-state index contributed by atoms with van der Waals surface area (Å²) in [6, 6.07) is 3.98. The van der Waals surface area contributed by atoms with Crippen molar-refractivity contribution in [2.45, 2.75) is 57.8 Å². The Morgan fingerprint density at radius 1 is 0.875 bits per heavy atom. The molecule has 0 radical (unpaired) electrons. The molecule has 24 heavy (non-hydrogen) atoms. The second-order valence-corrected chi connectivity index (χ2v) is 6.56. The summed E-state index contributed by atoms with van der Waals surface area (Å²) in [7, 11) is 0. The molecular weight excluding hydrogens is 302 g/mol. The van der Waals surface area contributed by atoms with E-state index in [4.69, 9.17) is 15.2 Å².